The van der Waals surface area contributed by atoms with Crippen LogP contribution in [0.4, 0.5) is 11.6 Å². The van der Waals surface area contributed by atoms with Crippen LogP contribution in [0, 0.1) is 6.92 Å². The van der Waals surface area contributed by atoms with E-state index in [0.29, 0.717) is 17.2 Å². The minimum atomic E-state index is 0. The standard InChI is InChI=1S/C10H9N5O.2ClH/c1-6-4-8(15-14-6)13-10-9-7(2-3-16-9)11-5-12-10;;/h2-5H,1H3,(H2,11,12,13,14,15);2*1H. The molecule has 0 spiro atoms. The average Bonchev–Trinajstić information content (AvgIpc) is 2.87. The number of halogens is 2. The molecule has 2 N–H and O–H groups in total. The summed E-state index contributed by atoms with van der Waals surface area (Å²) in [6.45, 7) is 1.93. The maximum atomic E-state index is 5.30. The van der Waals surface area contributed by atoms with Crippen molar-refractivity contribution in [2.24, 2.45) is 0 Å². The van der Waals surface area contributed by atoms with Crippen molar-refractivity contribution in [1.82, 2.24) is 20.2 Å². The third kappa shape index (κ3) is 2.55. The van der Waals surface area contributed by atoms with E-state index in [9.17, 15) is 0 Å². The van der Waals surface area contributed by atoms with Crippen LogP contribution in [0.3, 0.4) is 0 Å². The molecule has 0 aliphatic heterocycles. The molecule has 0 unspecified atom stereocenters. The summed E-state index contributed by atoms with van der Waals surface area (Å²) in [5.41, 5.74) is 2.38. The van der Waals surface area contributed by atoms with E-state index < -0.39 is 0 Å². The Morgan fingerprint density at radius 3 is 2.83 bits per heavy atom. The van der Waals surface area contributed by atoms with E-state index in [4.69, 9.17) is 4.42 Å². The van der Waals surface area contributed by atoms with Gasteiger partial charge in [0.05, 0.1) is 6.26 Å². The molecule has 0 amide bonds. The molecule has 18 heavy (non-hydrogen) atoms. The third-order valence-electron chi connectivity index (χ3n) is 2.20. The second kappa shape index (κ2) is 5.70. The van der Waals surface area contributed by atoms with Crippen LogP contribution in [-0.4, -0.2) is 20.2 Å². The molecule has 0 radical (unpaired) electrons. The van der Waals surface area contributed by atoms with Gasteiger partial charge in [-0.3, -0.25) is 5.10 Å². The van der Waals surface area contributed by atoms with Crippen molar-refractivity contribution in [3.63, 3.8) is 0 Å². The van der Waals surface area contributed by atoms with E-state index in [2.05, 4.69) is 25.5 Å². The zero-order valence-electron chi connectivity index (χ0n) is 9.38. The highest BCUT2D eigenvalue weighted by atomic mass is 35.5. The molecule has 0 fully saturated rings. The van der Waals surface area contributed by atoms with E-state index in [1.165, 1.54) is 6.33 Å². The molecule has 96 valence electrons. The molecule has 3 aromatic heterocycles. The van der Waals surface area contributed by atoms with Crippen LogP contribution in [0.2, 0.25) is 0 Å². The number of rotatable bonds is 2. The van der Waals surface area contributed by atoms with Gasteiger partial charge in [-0.25, -0.2) is 9.97 Å². The lowest BCUT2D eigenvalue weighted by Gasteiger charge is -2.00. The van der Waals surface area contributed by atoms with Crippen molar-refractivity contribution < 1.29 is 4.42 Å². The van der Waals surface area contributed by atoms with Gasteiger partial charge < -0.3 is 9.73 Å². The number of nitrogens with zero attached hydrogens (tertiary/aromatic N) is 3. The summed E-state index contributed by atoms with van der Waals surface area (Å²) in [5, 5.41) is 9.97. The lowest BCUT2D eigenvalue weighted by atomic mass is 10.4. The summed E-state index contributed by atoms with van der Waals surface area (Å²) in [4.78, 5) is 8.19. The molecule has 0 bridgehead atoms. The number of hydrogen-bond donors (Lipinski definition) is 2. The van der Waals surface area contributed by atoms with Gasteiger partial charge in [-0.2, -0.15) is 5.10 Å². The van der Waals surface area contributed by atoms with Crippen molar-refractivity contribution in [3.8, 4) is 0 Å². The first-order valence-electron chi connectivity index (χ1n) is 4.80. The van der Waals surface area contributed by atoms with E-state index in [0.717, 1.165) is 11.2 Å². The monoisotopic (exact) mass is 287 g/mol. The number of aryl methyl sites for hydroxylation is 1. The van der Waals surface area contributed by atoms with E-state index in [-0.39, 0.29) is 24.8 Å². The Labute approximate surface area is 115 Å². The maximum Gasteiger partial charge on any atom is 0.194 e. The molecule has 0 saturated carbocycles. The van der Waals surface area contributed by atoms with Crippen molar-refractivity contribution in [2.45, 2.75) is 6.92 Å². The molecular formula is C10H11Cl2N5O. The summed E-state index contributed by atoms with van der Waals surface area (Å²) in [6, 6.07) is 3.68. The lowest BCUT2D eigenvalue weighted by molar-refractivity contribution is 0.615. The highest BCUT2D eigenvalue weighted by molar-refractivity contribution is 5.86. The quantitative estimate of drug-likeness (QED) is 0.758. The summed E-state index contributed by atoms with van der Waals surface area (Å²) < 4.78 is 5.30. The molecule has 3 heterocycles. The summed E-state index contributed by atoms with van der Waals surface area (Å²) >= 11 is 0. The molecule has 0 aromatic carbocycles. The number of furan rings is 1. The Morgan fingerprint density at radius 2 is 2.11 bits per heavy atom. The largest absolute Gasteiger partial charge is 0.459 e. The first-order valence-corrected chi connectivity index (χ1v) is 4.80. The molecule has 0 aliphatic carbocycles. The van der Waals surface area contributed by atoms with Crippen LogP contribution in [0.5, 0.6) is 0 Å². The van der Waals surface area contributed by atoms with E-state index in [1.54, 1.807) is 12.3 Å². The number of aromatic amines is 1. The van der Waals surface area contributed by atoms with Gasteiger partial charge in [0.25, 0.3) is 0 Å². The number of H-pyrrole nitrogens is 1. The fraction of sp³-hybridized carbons (Fsp3) is 0.100. The van der Waals surface area contributed by atoms with Crippen LogP contribution in [0.15, 0.2) is 29.1 Å². The highest BCUT2D eigenvalue weighted by Gasteiger charge is 2.07. The average molecular weight is 288 g/mol. The number of anilines is 2. The highest BCUT2D eigenvalue weighted by Crippen LogP contribution is 2.22. The van der Waals surface area contributed by atoms with Crippen LogP contribution in [0.25, 0.3) is 11.1 Å². The van der Waals surface area contributed by atoms with Crippen LogP contribution < -0.4 is 5.32 Å². The van der Waals surface area contributed by atoms with Gasteiger partial charge in [0.15, 0.2) is 17.2 Å². The summed E-state index contributed by atoms with van der Waals surface area (Å²) in [5.74, 6) is 1.32. The molecule has 0 aliphatic rings. The second-order valence-corrected chi connectivity index (χ2v) is 3.42. The fourth-order valence-electron chi connectivity index (χ4n) is 1.48. The third-order valence-corrected chi connectivity index (χ3v) is 2.20. The van der Waals surface area contributed by atoms with Crippen molar-refractivity contribution >= 4 is 47.5 Å². The van der Waals surface area contributed by atoms with Crippen molar-refractivity contribution in [1.29, 1.82) is 0 Å². The molecule has 3 aromatic rings. The molecule has 0 saturated heterocycles. The van der Waals surface area contributed by atoms with Gasteiger partial charge in [0.2, 0.25) is 0 Å². The topological polar surface area (TPSA) is 79.6 Å². The van der Waals surface area contributed by atoms with Gasteiger partial charge in [-0.05, 0) is 6.92 Å². The summed E-state index contributed by atoms with van der Waals surface area (Å²) in [6.07, 6.45) is 3.07. The van der Waals surface area contributed by atoms with E-state index >= 15 is 0 Å². The fourth-order valence-corrected chi connectivity index (χ4v) is 1.48. The molecule has 6 nitrogen and oxygen atoms in total. The predicted octanol–water partition coefficient (Wildman–Crippen LogP) is 2.84. The zero-order valence-corrected chi connectivity index (χ0v) is 11.0. The normalized spacial score (nSPS) is 9.61. The van der Waals surface area contributed by atoms with Gasteiger partial charge in [0.1, 0.15) is 11.8 Å². The molecule has 0 atom stereocenters. The lowest BCUT2D eigenvalue weighted by Crippen LogP contribution is -1.94. The number of nitrogens with one attached hydrogen (secondary N) is 2. The molecule has 8 heteroatoms. The van der Waals surface area contributed by atoms with Gasteiger partial charge in [-0.15, -0.1) is 24.8 Å². The molecule has 3 rings (SSSR count). The van der Waals surface area contributed by atoms with Gasteiger partial charge in [-0.1, -0.05) is 0 Å². The second-order valence-electron chi connectivity index (χ2n) is 3.42. The minimum Gasteiger partial charge on any atom is -0.459 e. The summed E-state index contributed by atoms with van der Waals surface area (Å²) in [7, 11) is 0. The first kappa shape index (κ1) is 14.3. The Balaban J connectivity index is 0.000000810. The Kier molecular flexibility index (Phi) is 4.52. The zero-order chi connectivity index (χ0) is 11.0. The SMILES string of the molecule is Cc1cc(Nc2ncnc3ccoc23)n[nH]1.Cl.Cl. The van der Waals surface area contributed by atoms with Crippen molar-refractivity contribution in [2.75, 3.05) is 5.32 Å². The van der Waals surface area contributed by atoms with Gasteiger partial charge >= 0.3 is 0 Å². The Morgan fingerprint density at radius 1 is 1.28 bits per heavy atom. The van der Waals surface area contributed by atoms with Gasteiger partial charge in [0, 0.05) is 17.8 Å². The van der Waals surface area contributed by atoms with Crippen molar-refractivity contribution in [3.05, 3.63) is 30.4 Å². The van der Waals surface area contributed by atoms with Crippen LogP contribution in [-0.2, 0) is 0 Å². The van der Waals surface area contributed by atoms with E-state index in [1.807, 2.05) is 13.0 Å². The minimum absolute atomic E-state index is 0. The number of aromatic nitrogens is 4. The van der Waals surface area contributed by atoms with Crippen LogP contribution in [0.1, 0.15) is 5.69 Å². The molecular weight excluding hydrogens is 277 g/mol. The Hall–Kier alpha value is -1.79. The smallest absolute Gasteiger partial charge is 0.194 e. The van der Waals surface area contributed by atoms with Crippen LogP contribution >= 0.6 is 24.8 Å². The predicted molar refractivity (Wildman–Crippen MR) is 72.9 cm³/mol. The first-order chi connectivity index (χ1) is 7.83. The number of hydrogen-bond acceptors (Lipinski definition) is 5. The number of fused-ring (bicyclic) bond motifs is 1. The maximum absolute atomic E-state index is 5.30. The Bertz CT molecular complexity index is 636.